The Hall–Kier alpha value is -3.48. The van der Waals surface area contributed by atoms with Crippen LogP contribution in [0.4, 0.5) is 11.5 Å². The Labute approximate surface area is 140 Å². The van der Waals surface area contributed by atoms with Crippen molar-refractivity contribution in [3.63, 3.8) is 0 Å². The molecule has 2 N–H and O–H groups in total. The van der Waals surface area contributed by atoms with Gasteiger partial charge in [-0.05, 0) is 12.1 Å². The van der Waals surface area contributed by atoms with Crippen LogP contribution in [-0.4, -0.2) is 23.4 Å². The van der Waals surface area contributed by atoms with E-state index in [-0.39, 0.29) is 34.4 Å². The van der Waals surface area contributed by atoms with E-state index in [0.29, 0.717) is 3.97 Å². The highest BCUT2D eigenvalue weighted by Gasteiger charge is 2.23. The summed E-state index contributed by atoms with van der Waals surface area (Å²) in [7, 11) is 0. The minimum absolute atomic E-state index is 0.0962. The van der Waals surface area contributed by atoms with Gasteiger partial charge in [-0.15, -0.1) is 3.97 Å². The van der Waals surface area contributed by atoms with Crippen molar-refractivity contribution in [2.75, 3.05) is 5.73 Å². The molecule has 12 nitrogen and oxygen atoms in total. The van der Waals surface area contributed by atoms with E-state index in [1.807, 2.05) is 0 Å². The molecule has 3 rings (SSSR count). The number of nitro benzene ring substituents is 1. The lowest BCUT2D eigenvalue weighted by molar-refractivity contribution is -0.384. The van der Waals surface area contributed by atoms with E-state index in [9.17, 15) is 19.1 Å². The molecule has 0 amide bonds. The van der Waals surface area contributed by atoms with Crippen LogP contribution in [0, 0.1) is 17.0 Å². The first-order valence-electron chi connectivity index (χ1n) is 6.54. The summed E-state index contributed by atoms with van der Waals surface area (Å²) in [5.74, 6) is -1.29. The molecule has 0 aliphatic rings. The highest BCUT2D eigenvalue weighted by molar-refractivity contribution is 7.79. The largest absolute Gasteiger partial charge is 0.456 e. The van der Waals surface area contributed by atoms with E-state index in [1.54, 1.807) is 0 Å². The number of rotatable bonds is 5. The van der Waals surface area contributed by atoms with E-state index < -0.39 is 21.9 Å². The van der Waals surface area contributed by atoms with Crippen molar-refractivity contribution in [3.05, 3.63) is 50.7 Å². The molecule has 0 aliphatic carbocycles. The lowest BCUT2D eigenvalue weighted by Gasteiger charge is -2.05. The SMILES string of the molecule is Cc1onc(N)c1OS(=O)n1c(-c2ccc([N+](=O)[O-])cc2)noc1=O. The molecule has 1 aromatic carbocycles. The van der Waals surface area contributed by atoms with Crippen LogP contribution >= 0.6 is 0 Å². The summed E-state index contributed by atoms with van der Waals surface area (Å²) in [4.78, 5) is 21.9. The van der Waals surface area contributed by atoms with Gasteiger partial charge in [0.25, 0.3) is 5.69 Å². The van der Waals surface area contributed by atoms with Crippen molar-refractivity contribution >= 4 is 22.8 Å². The highest BCUT2D eigenvalue weighted by Crippen LogP contribution is 2.27. The number of nitrogens with zero attached hydrogens (tertiary/aromatic N) is 4. The number of aromatic nitrogens is 3. The van der Waals surface area contributed by atoms with Crippen LogP contribution in [0.2, 0.25) is 0 Å². The molecule has 2 aromatic heterocycles. The smallest absolute Gasteiger partial charge is 0.378 e. The first-order valence-corrected chi connectivity index (χ1v) is 7.57. The van der Waals surface area contributed by atoms with Crippen LogP contribution in [-0.2, 0) is 11.3 Å². The van der Waals surface area contributed by atoms with Crippen molar-refractivity contribution in [3.8, 4) is 17.1 Å². The Bertz CT molecular complexity index is 1000. The fraction of sp³-hybridized carbons (Fsp3) is 0.0833. The third kappa shape index (κ3) is 2.99. The molecule has 0 radical (unpaired) electrons. The van der Waals surface area contributed by atoms with Gasteiger partial charge < -0.3 is 14.4 Å². The lowest BCUT2D eigenvalue weighted by Crippen LogP contribution is -2.23. The molecule has 25 heavy (non-hydrogen) atoms. The molecular weight excluding hydrogens is 358 g/mol. The predicted octanol–water partition coefficient (Wildman–Crippen LogP) is 0.796. The van der Waals surface area contributed by atoms with E-state index in [0.717, 1.165) is 0 Å². The van der Waals surface area contributed by atoms with Crippen LogP contribution in [0.3, 0.4) is 0 Å². The van der Waals surface area contributed by atoms with Crippen LogP contribution in [0.15, 0.2) is 38.1 Å². The summed E-state index contributed by atoms with van der Waals surface area (Å²) in [6, 6.07) is 5.04. The average Bonchev–Trinajstić information content (AvgIpc) is 3.12. The molecule has 0 spiro atoms. The summed E-state index contributed by atoms with van der Waals surface area (Å²) >= 11 is -2.41. The van der Waals surface area contributed by atoms with E-state index >= 15 is 0 Å². The van der Waals surface area contributed by atoms with Crippen molar-refractivity contribution in [1.82, 2.24) is 14.3 Å². The van der Waals surface area contributed by atoms with E-state index in [1.165, 1.54) is 31.2 Å². The zero-order valence-corrected chi connectivity index (χ0v) is 13.3. The molecule has 1 unspecified atom stereocenters. The van der Waals surface area contributed by atoms with E-state index in [4.69, 9.17) is 14.4 Å². The minimum Gasteiger partial charge on any atom is -0.378 e. The second-order valence-electron chi connectivity index (χ2n) is 4.62. The Balaban J connectivity index is 1.98. The molecule has 3 aromatic rings. The number of hydrogen-bond acceptors (Lipinski definition) is 10. The molecule has 1 atom stereocenters. The van der Waals surface area contributed by atoms with Gasteiger partial charge in [-0.1, -0.05) is 10.3 Å². The van der Waals surface area contributed by atoms with Gasteiger partial charge in [-0.2, -0.15) is 4.21 Å². The molecule has 0 bridgehead atoms. The highest BCUT2D eigenvalue weighted by atomic mass is 32.2. The number of non-ortho nitro benzene ring substituents is 1. The van der Waals surface area contributed by atoms with Crippen LogP contribution < -0.4 is 15.7 Å². The number of benzene rings is 1. The van der Waals surface area contributed by atoms with Crippen molar-refractivity contribution < 1.29 is 22.4 Å². The monoisotopic (exact) mass is 367 g/mol. The Morgan fingerprint density at radius 2 is 1.96 bits per heavy atom. The molecule has 13 heteroatoms. The summed E-state index contributed by atoms with van der Waals surface area (Å²) in [5.41, 5.74) is 5.61. The standard InChI is InChI=1S/C12H9N5O7S/c1-6-9(10(13)14-22-6)24-25(21)16-11(15-23-12(16)18)7-2-4-8(5-3-7)17(19)20/h2-5H,1H3,(H2,13,14). The fourth-order valence-corrected chi connectivity index (χ4v) is 2.72. The van der Waals surface area contributed by atoms with Crippen molar-refractivity contribution in [2.45, 2.75) is 6.92 Å². The van der Waals surface area contributed by atoms with Crippen LogP contribution in [0.5, 0.6) is 5.75 Å². The second kappa shape index (κ2) is 6.20. The van der Waals surface area contributed by atoms with Gasteiger partial charge in [0.1, 0.15) is 0 Å². The van der Waals surface area contributed by atoms with Crippen LogP contribution in [0.25, 0.3) is 11.4 Å². The van der Waals surface area contributed by atoms with Gasteiger partial charge in [0, 0.05) is 24.6 Å². The first-order chi connectivity index (χ1) is 11.9. The molecule has 0 fully saturated rings. The molecule has 2 heterocycles. The third-order valence-electron chi connectivity index (χ3n) is 3.04. The molecule has 0 saturated carbocycles. The van der Waals surface area contributed by atoms with Crippen LogP contribution in [0.1, 0.15) is 5.76 Å². The Morgan fingerprint density at radius 3 is 2.52 bits per heavy atom. The normalized spacial score (nSPS) is 12.0. The summed E-state index contributed by atoms with van der Waals surface area (Å²) in [5, 5.41) is 17.6. The Morgan fingerprint density at radius 1 is 1.28 bits per heavy atom. The topological polar surface area (TPSA) is 170 Å². The van der Waals surface area contributed by atoms with E-state index in [2.05, 4.69) is 14.8 Å². The maximum absolute atomic E-state index is 12.4. The van der Waals surface area contributed by atoms with Gasteiger partial charge in [0.05, 0.1) is 4.92 Å². The second-order valence-corrected chi connectivity index (χ2v) is 5.59. The maximum Gasteiger partial charge on any atom is 0.456 e. The average molecular weight is 367 g/mol. The summed E-state index contributed by atoms with van der Waals surface area (Å²) < 4.78 is 27.4. The van der Waals surface area contributed by atoms with Crippen molar-refractivity contribution in [1.29, 1.82) is 0 Å². The molecule has 0 saturated heterocycles. The third-order valence-corrected chi connectivity index (χ3v) is 3.97. The number of nitrogens with two attached hydrogens (primary N) is 1. The predicted molar refractivity (Wildman–Crippen MR) is 82.7 cm³/mol. The zero-order chi connectivity index (χ0) is 18.1. The van der Waals surface area contributed by atoms with Gasteiger partial charge >= 0.3 is 17.0 Å². The molecular formula is C12H9N5O7S. The maximum atomic E-state index is 12.4. The molecule has 0 aliphatic heterocycles. The number of nitro groups is 1. The fourth-order valence-electron chi connectivity index (χ4n) is 1.87. The van der Waals surface area contributed by atoms with Gasteiger partial charge in [0.2, 0.25) is 17.4 Å². The minimum atomic E-state index is -2.41. The number of anilines is 1. The Kier molecular flexibility index (Phi) is 4.06. The number of nitrogen functional groups attached to an aromatic ring is 1. The van der Waals surface area contributed by atoms with Gasteiger partial charge in [-0.25, -0.2) is 4.79 Å². The zero-order valence-electron chi connectivity index (χ0n) is 12.4. The molecule has 130 valence electrons. The number of hydrogen-bond donors (Lipinski definition) is 1. The van der Waals surface area contributed by atoms with Gasteiger partial charge in [0.15, 0.2) is 5.76 Å². The summed E-state index contributed by atoms with van der Waals surface area (Å²) in [6.07, 6.45) is 0. The van der Waals surface area contributed by atoms with Gasteiger partial charge in [-0.3, -0.25) is 14.6 Å². The number of aryl methyl sites for hydroxylation is 1. The van der Waals surface area contributed by atoms with Crippen molar-refractivity contribution in [2.24, 2.45) is 0 Å². The quantitative estimate of drug-likeness (QED) is 0.502. The first kappa shape index (κ1) is 16.4. The summed E-state index contributed by atoms with van der Waals surface area (Å²) in [6.45, 7) is 1.48. The lowest BCUT2D eigenvalue weighted by atomic mass is 10.2.